The lowest BCUT2D eigenvalue weighted by Gasteiger charge is -2.34. The molecule has 2 aromatic carbocycles. The average Bonchev–Trinajstić information content (AvgIpc) is 3.54. The van der Waals surface area contributed by atoms with Crippen molar-refractivity contribution in [2.45, 2.75) is 32.5 Å². The Labute approximate surface area is 190 Å². The summed E-state index contributed by atoms with van der Waals surface area (Å²) in [6, 6.07) is 18.1. The van der Waals surface area contributed by atoms with Gasteiger partial charge in [0, 0.05) is 18.5 Å². The van der Waals surface area contributed by atoms with E-state index in [9.17, 15) is 9.59 Å². The molecule has 5 rings (SSSR count). The van der Waals surface area contributed by atoms with Crippen LogP contribution in [0.3, 0.4) is 0 Å². The van der Waals surface area contributed by atoms with Crippen LogP contribution >= 0.6 is 0 Å². The van der Waals surface area contributed by atoms with Crippen LogP contribution in [-0.4, -0.2) is 27.8 Å². The van der Waals surface area contributed by atoms with Gasteiger partial charge in [-0.1, -0.05) is 42.0 Å². The van der Waals surface area contributed by atoms with Gasteiger partial charge >= 0.3 is 5.97 Å². The Morgan fingerprint density at radius 1 is 1.03 bits per heavy atom. The second-order valence-electron chi connectivity index (χ2n) is 8.02. The zero-order valence-electron chi connectivity index (χ0n) is 18.1. The van der Waals surface area contributed by atoms with E-state index in [1.54, 1.807) is 12.1 Å². The lowest BCUT2D eigenvalue weighted by molar-refractivity contribution is -0.151. The van der Waals surface area contributed by atoms with Crippen molar-refractivity contribution in [3.8, 4) is 11.5 Å². The Bertz CT molecular complexity index is 1270. The van der Waals surface area contributed by atoms with Crippen LogP contribution in [-0.2, 0) is 29.1 Å². The Kier molecular flexibility index (Phi) is 5.52. The molecular weight excluding hydrogens is 420 g/mol. The molecule has 0 saturated heterocycles. The van der Waals surface area contributed by atoms with Crippen LogP contribution in [0.15, 0.2) is 82.0 Å². The van der Waals surface area contributed by atoms with E-state index in [1.807, 2.05) is 55.5 Å². The monoisotopic (exact) mass is 442 g/mol. The summed E-state index contributed by atoms with van der Waals surface area (Å²) >= 11 is 0. The van der Waals surface area contributed by atoms with Gasteiger partial charge in [-0.3, -0.25) is 4.79 Å². The summed E-state index contributed by atoms with van der Waals surface area (Å²) in [6.45, 7) is 2.26. The van der Waals surface area contributed by atoms with Crippen LogP contribution < -0.4 is 0 Å². The van der Waals surface area contributed by atoms with Crippen molar-refractivity contribution in [2.75, 3.05) is 0 Å². The van der Waals surface area contributed by atoms with E-state index in [-0.39, 0.29) is 18.3 Å². The number of ether oxygens (including phenoxy) is 1. The van der Waals surface area contributed by atoms with Crippen LogP contribution in [0, 0.1) is 6.92 Å². The molecule has 1 aliphatic rings. The first-order chi connectivity index (χ1) is 16.1. The molecular formula is C26H22N2O5. The molecule has 33 heavy (non-hydrogen) atoms. The topological polar surface area (TPSA) is 85.8 Å². The molecule has 7 heteroatoms. The smallest absolute Gasteiger partial charge is 0.329 e. The number of amides is 1. The highest BCUT2D eigenvalue weighted by Gasteiger charge is 2.37. The fourth-order valence-electron chi connectivity index (χ4n) is 3.93. The number of aromatic nitrogens is 1. The number of fused-ring (bicyclic) bond motifs is 1. The molecule has 0 N–H and O–H groups in total. The summed E-state index contributed by atoms with van der Waals surface area (Å²) in [5, 5.41) is 0. The Hall–Kier alpha value is -4.13. The highest BCUT2D eigenvalue weighted by atomic mass is 16.5. The Morgan fingerprint density at radius 2 is 1.82 bits per heavy atom. The third-order valence-corrected chi connectivity index (χ3v) is 5.73. The molecule has 1 atom stereocenters. The molecule has 0 fully saturated rings. The van der Waals surface area contributed by atoms with Crippen molar-refractivity contribution in [1.82, 2.24) is 9.88 Å². The number of aryl methyl sites for hydroxylation is 1. The van der Waals surface area contributed by atoms with Gasteiger partial charge in [0.1, 0.15) is 24.6 Å². The number of benzene rings is 2. The number of hydrogen-bond donors (Lipinski definition) is 0. The molecule has 0 spiro atoms. The van der Waals surface area contributed by atoms with E-state index in [1.165, 1.54) is 17.4 Å². The quantitative estimate of drug-likeness (QED) is 0.422. The molecule has 3 heterocycles. The summed E-state index contributed by atoms with van der Waals surface area (Å²) in [5.41, 5.74) is 4.50. The van der Waals surface area contributed by atoms with Gasteiger partial charge in [0.15, 0.2) is 5.76 Å². The van der Waals surface area contributed by atoms with Gasteiger partial charge in [-0.2, -0.15) is 0 Å². The van der Waals surface area contributed by atoms with Crippen molar-refractivity contribution in [3.05, 3.63) is 101 Å². The summed E-state index contributed by atoms with van der Waals surface area (Å²) in [7, 11) is 0. The minimum absolute atomic E-state index is 0.0465. The second-order valence-corrected chi connectivity index (χ2v) is 8.02. The highest BCUT2D eigenvalue weighted by Crippen LogP contribution is 2.26. The zero-order chi connectivity index (χ0) is 22.8. The van der Waals surface area contributed by atoms with Crippen LogP contribution in [0.2, 0.25) is 0 Å². The van der Waals surface area contributed by atoms with Crippen LogP contribution in [0.25, 0.3) is 11.5 Å². The van der Waals surface area contributed by atoms with E-state index in [2.05, 4.69) is 4.98 Å². The molecule has 1 aliphatic heterocycles. The fourth-order valence-corrected chi connectivity index (χ4v) is 3.93. The van der Waals surface area contributed by atoms with Gasteiger partial charge in [-0.25, -0.2) is 9.78 Å². The lowest BCUT2D eigenvalue weighted by Crippen LogP contribution is -2.49. The fraction of sp³-hybridized carbons (Fsp3) is 0.192. The van der Waals surface area contributed by atoms with Crippen molar-refractivity contribution >= 4 is 11.9 Å². The van der Waals surface area contributed by atoms with Gasteiger partial charge in [0.2, 0.25) is 5.89 Å². The van der Waals surface area contributed by atoms with Gasteiger partial charge in [0.05, 0.1) is 6.26 Å². The van der Waals surface area contributed by atoms with Crippen LogP contribution in [0.1, 0.15) is 32.9 Å². The number of nitrogens with zero attached hydrogens (tertiary/aromatic N) is 2. The van der Waals surface area contributed by atoms with Gasteiger partial charge in [-0.15, -0.1) is 0 Å². The van der Waals surface area contributed by atoms with E-state index in [4.69, 9.17) is 13.6 Å². The largest absolute Gasteiger partial charge is 0.459 e. The number of oxazole rings is 1. The average molecular weight is 442 g/mol. The molecule has 166 valence electrons. The van der Waals surface area contributed by atoms with Crippen molar-refractivity contribution in [1.29, 1.82) is 0 Å². The second kappa shape index (κ2) is 8.78. The first kappa shape index (κ1) is 20.8. The molecule has 2 aromatic heterocycles. The lowest BCUT2D eigenvalue weighted by atomic mass is 9.93. The van der Waals surface area contributed by atoms with Crippen molar-refractivity contribution in [2.24, 2.45) is 0 Å². The Balaban J connectivity index is 1.32. The standard InChI is InChI=1S/C26H22N2O5/c1-17-8-10-18(11-9-17)24-27-21(15-32-24)16-33-26(30)22-13-19-5-2-3-6-20(19)14-28(22)25(29)23-7-4-12-31-23/h2-12,15,22H,13-14,16H2,1H3/t22-/m0/s1. The van der Waals surface area contributed by atoms with Crippen LogP contribution in [0.5, 0.6) is 0 Å². The molecule has 0 unspecified atom stereocenters. The minimum atomic E-state index is -0.763. The first-order valence-corrected chi connectivity index (χ1v) is 10.7. The number of esters is 1. The number of furan rings is 1. The molecule has 7 nitrogen and oxygen atoms in total. The van der Waals surface area contributed by atoms with Crippen molar-refractivity contribution < 1.29 is 23.2 Å². The van der Waals surface area contributed by atoms with Gasteiger partial charge < -0.3 is 18.5 Å². The SMILES string of the molecule is Cc1ccc(-c2nc(COC(=O)[C@@H]3Cc4ccccc4CN3C(=O)c3ccco3)co2)cc1. The van der Waals surface area contributed by atoms with Crippen molar-refractivity contribution in [3.63, 3.8) is 0 Å². The van der Waals surface area contributed by atoms with E-state index in [0.29, 0.717) is 24.6 Å². The van der Waals surface area contributed by atoms with E-state index in [0.717, 1.165) is 22.3 Å². The number of carbonyl (C=O) groups is 2. The van der Waals surface area contributed by atoms with E-state index >= 15 is 0 Å². The molecule has 0 bridgehead atoms. The maximum atomic E-state index is 13.1. The Morgan fingerprint density at radius 3 is 2.58 bits per heavy atom. The normalized spacial score (nSPS) is 15.2. The summed E-state index contributed by atoms with van der Waals surface area (Å²) < 4.78 is 16.4. The summed E-state index contributed by atoms with van der Waals surface area (Å²) in [6.07, 6.45) is 3.29. The third-order valence-electron chi connectivity index (χ3n) is 5.73. The zero-order valence-corrected chi connectivity index (χ0v) is 18.1. The maximum absolute atomic E-state index is 13.1. The molecule has 4 aromatic rings. The molecule has 1 amide bonds. The summed E-state index contributed by atoms with van der Waals surface area (Å²) in [5.74, 6) is -0.197. The molecule has 0 saturated carbocycles. The third kappa shape index (κ3) is 4.30. The predicted molar refractivity (Wildman–Crippen MR) is 119 cm³/mol. The summed E-state index contributed by atoms with van der Waals surface area (Å²) in [4.78, 5) is 32.0. The number of hydrogen-bond acceptors (Lipinski definition) is 6. The molecule has 0 aliphatic carbocycles. The predicted octanol–water partition coefficient (Wildman–Crippen LogP) is 4.55. The first-order valence-electron chi connectivity index (χ1n) is 10.7. The van der Waals surface area contributed by atoms with Gasteiger partial charge in [0.25, 0.3) is 5.91 Å². The van der Waals surface area contributed by atoms with E-state index < -0.39 is 12.0 Å². The van der Waals surface area contributed by atoms with Crippen LogP contribution in [0.4, 0.5) is 0 Å². The number of rotatable bonds is 5. The van der Waals surface area contributed by atoms with Gasteiger partial charge in [-0.05, 0) is 42.3 Å². The molecule has 0 radical (unpaired) electrons. The number of carbonyl (C=O) groups excluding carboxylic acids is 2. The highest BCUT2D eigenvalue weighted by molar-refractivity contribution is 5.95. The minimum Gasteiger partial charge on any atom is -0.459 e. The maximum Gasteiger partial charge on any atom is 0.329 e.